The fourth-order valence-electron chi connectivity index (χ4n) is 2.28. The Bertz CT molecular complexity index is 855. The van der Waals surface area contributed by atoms with Gasteiger partial charge in [-0.25, -0.2) is 4.98 Å². The van der Waals surface area contributed by atoms with Gasteiger partial charge in [-0.05, 0) is 49.4 Å². The first-order valence-corrected chi connectivity index (χ1v) is 7.54. The van der Waals surface area contributed by atoms with E-state index in [1.165, 1.54) is 0 Å². The summed E-state index contributed by atoms with van der Waals surface area (Å²) in [6.07, 6.45) is -0.645. The lowest BCUT2D eigenvalue weighted by Crippen LogP contribution is -2.30. The summed E-state index contributed by atoms with van der Waals surface area (Å²) in [5.74, 6) is 1.67. The van der Waals surface area contributed by atoms with Gasteiger partial charge in [0.15, 0.2) is 17.6 Å². The molecule has 0 saturated carbocycles. The third-order valence-electron chi connectivity index (χ3n) is 3.50. The van der Waals surface area contributed by atoms with E-state index in [4.69, 9.17) is 13.9 Å². The van der Waals surface area contributed by atoms with E-state index in [1.54, 1.807) is 63.4 Å². The molecule has 6 heteroatoms. The van der Waals surface area contributed by atoms with E-state index in [0.717, 1.165) is 5.75 Å². The van der Waals surface area contributed by atoms with Crippen LogP contribution in [0, 0.1) is 6.92 Å². The van der Waals surface area contributed by atoms with Crippen LogP contribution >= 0.6 is 0 Å². The molecule has 3 rings (SSSR count). The number of oxazole rings is 1. The van der Waals surface area contributed by atoms with Crippen molar-refractivity contribution in [3.63, 3.8) is 0 Å². The van der Waals surface area contributed by atoms with Crippen molar-refractivity contribution in [1.82, 2.24) is 4.98 Å². The predicted molar refractivity (Wildman–Crippen MR) is 90.5 cm³/mol. The van der Waals surface area contributed by atoms with E-state index in [2.05, 4.69) is 10.3 Å². The summed E-state index contributed by atoms with van der Waals surface area (Å²) in [5, 5.41) is 2.82. The van der Waals surface area contributed by atoms with Crippen LogP contribution in [0.1, 0.15) is 12.8 Å². The van der Waals surface area contributed by atoms with Crippen molar-refractivity contribution >= 4 is 22.7 Å². The molecule has 6 nitrogen and oxygen atoms in total. The predicted octanol–water partition coefficient (Wildman–Crippen LogP) is 3.55. The summed E-state index contributed by atoms with van der Waals surface area (Å²) in [7, 11) is 1.60. The van der Waals surface area contributed by atoms with Crippen molar-refractivity contribution in [2.75, 3.05) is 12.4 Å². The van der Waals surface area contributed by atoms with Crippen LogP contribution in [0.4, 0.5) is 5.69 Å². The normalized spacial score (nSPS) is 12.0. The third-order valence-corrected chi connectivity index (χ3v) is 3.50. The molecular weight excluding hydrogens is 308 g/mol. The minimum Gasteiger partial charge on any atom is -0.497 e. The Morgan fingerprint density at radius 1 is 1.17 bits per heavy atom. The second-order valence-corrected chi connectivity index (χ2v) is 5.34. The van der Waals surface area contributed by atoms with Crippen LogP contribution in [-0.4, -0.2) is 24.1 Å². The van der Waals surface area contributed by atoms with Crippen LogP contribution in [0.5, 0.6) is 11.5 Å². The van der Waals surface area contributed by atoms with E-state index < -0.39 is 6.10 Å². The molecule has 0 aliphatic heterocycles. The highest BCUT2D eigenvalue weighted by atomic mass is 16.5. The van der Waals surface area contributed by atoms with E-state index in [1.807, 2.05) is 0 Å². The monoisotopic (exact) mass is 326 g/mol. The van der Waals surface area contributed by atoms with Crippen molar-refractivity contribution < 1.29 is 18.7 Å². The number of rotatable bonds is 5. The van der Waals surface area contributed by atoms with Gasteiger partial charge >= 0.3 is 0 Å². The van der Waals surface area contributed by atoms with Crippen LogP contribution in [0.25, 0.3) is 11.1 Å². The number of aryl methyl sites for hydroxylation is 1. The highest BCUT2D eigenvalue weighted by Crippen LogP contribution is 2.21. The second kappa shape index (κ2) is 6.62. The summed E-state index contributed by atoms with van der Waals surface area (Å²) in [6, 6.07) is 12.4. The van der Waals surface area contributed by atoms with Crippen LogP contribution in [-0.2, 0) is 4.79 Å². The average molecular weight is 326 g/mol. The van der Waals surface area contributed by atoms with Crippen LogP contribution in [0.15, 0.2) is 46.9 Å². The van der Waals surface area contributed by atoms with E-state index in [-0.39, 0.29) is 5.91 Å². The lowest BCUT2D eigenvalue weighted by molar-refractivity contribution is -0.122. The van der Waals surface area contributed by atoms with Crippen molar-refractivity contribution in [3.05, 3.63) is 48.4 Å². The molecule has 124 valence electrons. The first-order valence-electron chi connectivity index (χ1n) is 7.54. The Balaban J connectivity index is 1.65. The number of carbonyl (C=O) groups excluding carboxylic acids is 1. The number of fused-ring (bicyclic) bond motifs is 1. The summed E-state index contributed by atoms with van der Waals surface area (Å²) in [4.78, 5) is 16.5. The molecule has 1 atom stereocenters. The first kappa shape index (κ1) is 15.9. The number of aromatic nitrogens is 1. The number of ether oxygens (including phenoxy) is 2. The number of nitrogens with zero attached hydrogens (tertiary/aromatic N) is 1. The van der Waals surface area contributed by atoms with Gasteiger partial charge in [-0.15, -0.1) is 0 Å². The maximum absolute atomic E-state index is 12.3. The van der Waals surface area contributed by atoms with Gasteiger partial charge in [0.05, 0.1) is 7.11 Å². The molecule has 0 aliphatic rings. The fraction of sp³-hybridized carbons (Fsp3) is 0.222. The summed E-state index contributed by atoms with van der Waals surface area (Å²) in [5.41, 5.74) is 2.04. The zero-order valence-corrected chi connectivity index (χ0v) is 13.7. The maximum atomic E-state index is 12.3. The van der Waals surface area contributed by atoms with Crippen LogP contribution in [0.3, 0.4) is 0 Å². The summed E-state index contributed by atoms with van der Waals surface area (Å²) < 4.78 is 16.1. The Morgan fingerprint density at radius 3 is 2.58 bits per heavy atom. The molecular formula is C18H18N2O4. The standard InChI is InChI=1S/C18H18N2O4/c1-11(23-15-7-5-14(22-3)6-8-15)18(21)20-13-4-9-17-16(10-13)19-12(2)24-17/h4-11H,1-3H3,(H,20,21). The lowest BCUT2D eigenvalue weighted by Gasteiger charge is -2.15. The molecule has 1 amide bonds. The zero-order valence-electron chi connectivity index (χ0n) is 13.7. The minimum atomic E-state index is -0.645. The van der Waals surface area contributed by atoms with Gasteiger partial charge in [0.1, 0.15) is 17.0 Å². The summed E-state index contributed by atoms with van der Waals surface area (Å²) >= 11 is 0. The van der Waals surface area contributed by atoms with Crippen molar-refractivity contribution in [2.45, 2.75) is 20.0 Å². The van der Waals surface area contributed by atoms with E-state index in [0.29, 0.717) is 28.4 Å². The molecule has 0 fully saturated rings. The summed E-state index contributed by atoms with van der Waals surface area (Å²) in [6.45, 7) is 3.47. The average Bonchev–Trinajstić information content (AvgIpc) is 2.94. The molecule has 1 unspecified atom stereocenters. The number of hydrogen-bond acceptors (Lipinski definition) is 5. The largest absolute Gasteiger partial charge is 0.497 e. The molecule has 0 aliphatic carbocycles. The zero-order chi connectivity index (χ0) is 17.1. The molecule has 0 spiro atoms. The first-order chi connectivity index (χ1) is 11.5. The highest BCUT2D eigenvalue weighted by Gasteiger charge is 2.15. The molecule has 24 heavy (non-hydrogen) atoms. The van der Waals surface area contributed by atoms with E-state index in [9.17, 15) is 4.79 Å². The van der Waals surface area contributed by atoms with Gasteiger partial charge < -0.3 is 19.2 Å². The number of methoxy groups -OCH3 is 1. The number of nitrogens with one attached hydrogen (secondary N) is 1. The smallest absolute Gasteiger partial charge is 0.265 e. The molecule has 1 aromatic heterocycles. The van der Waals surface area contributed by atoms with Gasteiger partial charge in [-0.2, -0.15) is 0 Å². The van der Waals surface area contributed by atoms with Crippen LogP contribution < -0.4 is 14.8 Å². The van der Waals surface area contributed by atoms with Gasteiger partial charge in [0.25, 0.3) is 5.91 Å². The highest BCUT2D eigenvalue weighted by molar-refractivity contribution is 5.95. The van der Waals surface area contributed by atoms with Gasteiger partial charge in [-0.3, -0.25) is 4.79 Å². The Kier molecular flexibility index (Phi) is 4.37. The fourth-order valence-corrected chi connectivity index (χ4v) is 2.28. The molecule has 0 radical (unpaired) electrons. The quantitative estimate of drug-likeness (QED) is 0.776. The third kappa shape index (κ3) is 3.48. The second-order valence-electron chi connectivity index (χ2n) is 5.34. The van der Waals surface area contributed by atoms with Crippen molar-refractivity contribution in [3.8, 4) is 11.5 Å². The van der Waals surface area contributed by atoms with Crippen molar-refractivity contribution in [1.29, 1.82) is 0 Å². The van der Waals surface area contributed by atoms with Gasteiger partial charge in [0, 0.05) is 12.6 Å². The van der Waals surface area contributed by atoms with Gasteiger partial charge in [-0.1, -0.05) is 0 Å². The number of anilines is 1. The van der Waals surface area contributed by atoms with Gasteiger partial charge in [0.2, 0.25) is 0 Å². The number of benzene rings is 2. The number of amides is 1. The Labute approximate surface area is 139 Å². The SMILES string of the molecule is COc1ccc(OC(C)C(=O)Nc2ccc3oc(C)nc3c2)cc1. The molecule has 1 heterocycles. The topological polar surface area (TPSA) is 73.6 Å². The molecule has 3 aromatic rings. The minimum absolute atomic E-state index is 0.245. The maximum Gasteiger partial charge on any atom is 0.265 e. The Hall–Kier alpha value is -3.02. The van der Waals surface area contributed by atoms with Crippen LogP contribution in [0.2, 0.25) is 0 Å². The van der Waals surface area contributed by atoms with E-state index >= 15 is 0 Å². The number of carbonyl (C=O) groups is 1. The molecule has 1 N–H and O–H groups in total. The lowest BCUT2D eigenvalue weighted by atomic mass is 10.2. The number of hydrogen-bond donors (Lipinski definition) is 1. The molecule has 0 saturated heterocycles. The Morgan fingerprint density at radius 2 is 1.88 bits per heavy atom. The molecule has 0 bridgehead atoms. The molecule has 2 aromatic carbocycles. The van der Waals surface area contributed by atoms with Crippen molar-refractivity contribution in [2.24, 2.45) is 0 Å².